The van der Waals surface area contributed by atoms with E-state index in [1.807, 2.05) is 30.3 Å². The summed E-state index contributed by atoms with van der Waals surface area (Å²) in [4.78, 5) is 22.3. The van der Waals surface area contributed by atoms with E-state index in [4.69, 9.17) is 11.6 Å². The van der Waals surface area contributed by atoms with Crippen molar-refractivity contribution in [3.8, 4) is 11.3 Å². The average molecular weight is 383 g/mol. The van der Waals surface area contributed by atoms with Gasteiger partial charge < -0.3 is 15.2 Å². The molecule has 1 saturated heterocycles. The van der Waals surface area contributed by atoms with Gasteiger partial charge in [0.1, 0.15) is 5.65 Å². The number of nitrogens with one attached hydrogen (secondary N) is 2. The second-order valence-electron chi connectivity index (χ2n) is 7.02. The lowest BCUT2D eigenvalue weighted by molar-refractivity contribution is -0.116. The first kappa shape index (κ1) is 18.0. The van der Waals surface area contributed by atoms with Crippen LogP contribution in [-0.2, 0) is 4.79 Å². The van der Waals surface area contributed by atoms with Gasteiger partial charge in [-0.3, -0.25) is 4.79 Å². The predicted molar refractivity (Wildman–Crippen MR) is 110 cm³/mol. The Morgan fingerprint density at radius 1 is 1.19 bits per heavy atom. The zero-order valence-corrected chi connectivity index (χ0v) is 15.9. The molecule has 1 amide bonds. The van der Waals surface area contributed by atoms with E-state index in [0.717, 1.165) is 47.6 Å². The van der Waals surface area contributed by atoms with Crippen LogP contribution in [0.3, 0.4) is 0 Å². The normalized spacial score (nSPS) is 15.1. The third kappa shape index (κ3) is 4.31. The number of amides is 1. The van der Waals surface area contributed by atoms with Crippen molar-refractivity contribution < 1.29 is 4.79 Å². The maximum absolute atomic E-state index is 12.3. The van der Waals surface area contributed by atoms with E-state index < -0.39 is 0 Å². The van der Waals surface area contributed by atoms with Crippen LogP contribution in [0.1, 0.15) is 25.7 Å². The molecular formula is C21H23ClN4O. The molecule has 5 nitrogen and oxygen atoms in total. The summed E-state index contributed by atoms with van der Waals surface area (Å²) in [5.74, 6) is 0.0547. The van der Waals surface area contributed by atoms with E-state index in [1.165, 1.54) is 19.3 Å². The molecule has 0 radical (unpaired) electrons. The minimum Gasteiger partial charge on any atom is -0.339 e. The summed E-state index contributed by atoms with van der Waals surface area (Å²) in [6, 6.07) is 11.6. The number of likely N-dealkylation sites (tertiary alicyclic amines) is 1. The van der Waals surface area contributed by atoms with Gasteiger partial charge in [-0.1, -0.05) is 30.2 Å². The van der Waals surface area contributed by atoms with Crippen LogP contribution in [-0.4, -0.2) is 40.4 Å². The number of fused-ring (bicyclic) bond motifs is 1. The molecule has 3 aromatic rings. The molecule has 6 heteroatoms. The highest BCUT2D eigenvalue weighted by Gasteiger charge is 2.12. The Kier molecular flexibility index (Phi) is 5.41. The van der Waals surface area contributed by atoms with Crippen LogP contribution in [0.5, 0.6) is 0 Å². The van der Waals surface area contributed by atoms with Crippen LogP contribution in [0.2, 0.25) is 5.02 Å². The Morgan fingerprint density at radius 2 is 2.04 bits per heavy atom. The number of pyridine rings is 1. The molecule has 0 bridgehead atoms. The van der Waals surface area contributed by atoms with Gasteiger partial charge in [-0.15, -0.1) is 0 Å². The number of H-pyrrole nitrogens is 1. The van der Waals surface area contributed by atoms with Crippen molar-refractivity contribution in [2.45, 2.75) is 25.7 Å². The predicted octanol–water partition coefficient (Wildman–Crippen LogP) is 4.70. The summed E-state index contributed by atoms with van der Waals surface area (Å²) in [7, 11) is 0. The number of rotatable bonds is 5. The Balaban J connectivity index is 1.43. The highest BCUT2D eigenvalue weighted by atomic mass is 35.5. The molecule has 0 unspecified atom stereocenters. The van der Waals surface area contributed by atoms with Gasteiger partial charge in [0.25, 0.3) is 0 Å². The van der Waals surface area contributed by atoms with Crippen LogP contribution in [0.4, 0.5) is 5.69 Å². The average Bonchev–Trinajstić information content (AvgIpc) is 3.13. The summed E-state index contributed by atoms with van der Waals surface area (Å²) in [5.41, 5.74) is 3.47. The highest BCUT2D eigenvalue weighted by Crippen LogP contribution is 2.29. The molecule has 140 valence electrons. The topological polar surface area (TPSA) is 61.0 Å². The van der Waals surface area contributed by atoms with Gasteiger partial charge in [0, 0.05) is 41.5 Å². The fraction of sp³-hybridized carbons (Fsp3) is 0.333. The van der Waals surface area contributed by atoms with E-state index >= 15 is 0 Å². The quantitative estimate of drug-likeness (QED) is 0.672. The number of carbonyl (C=O) groups excluding carboxylic acids is 1. The molecule has 0 spiro atoms. The summed E-state index contributed by atoms with van der Waals surface area (Å²) >= 11 is 6.24. The zero-order chi connectivity index (χ0) is 18.6. The van der Waals surface area contributed by atoms with Gasteiger partial charge in [0.15, 0.2) is 0 Å². The Morgan fingerprint density at radius 3 is 2.85 bits per heavy atom. The molecule has 1 aliphatic heterocycles. The minimum absolute atomic E-state index is 0.0547. The third-order valence-corrected chi connectivity index (χ3v) is 5.37. The molecule has 2 aromatic heterocycles. The van der Waals surface area contributed by atoms with Crippen molar-refractivity contribution in [3.63, 3.8) is 0 Å². The lowest BCUT2D eigenvalue weighted by atomic mass is 10.1. The minimum atomic E-state index is 0.0547. The number of benzene rings is 1. The number of carbonyl (C=O) groups is 1. The van der Waals surface area contributed by atoms with Gasteiger partial charge in [0.2, 0.25) is 5.91 Å². The van der Waals surface area contributed by atoms with Crippen molar-refractivity contribution >= 4 is 34.2 Å². The van der Waals surface area contributed by atoms with Crippen molar-refractivity contribution in [1.82, 2.24) is 14.9 Å². The summed E-state index contributed by atoms with van der Waals surface area (Å²) < 4.78 is 0. The standard InChI is InChI=1S/C21H23ClN4O/c22-18-7-9-23-21-17(18)14-19(25-21)15-5-4-6-16(13-15)24-20(27)8-12-26-10-2-1-3-11-26/h4-7,9,13-14H,1-3,8,10-12H2,(H,23,25)(H,24,27). The van der Waals surface area contributed by atoms with Crippen molar-refractivity contribution in [1.29, 1.82) is 0 Å². The maximum atomic E-state index is 12.3. The fourth-order valence-corrected chi connectivity index (χ4v) is 3.78. The number of hydrogen-bond acceptors (Lipinski definition) is 3. The van der Waals surface area contributed by atoms with Gasteiger partial charge in [-0.2, -0.15) is 0 Å². The molecule has 27 heavy (non-hydrogen) atoms. The molecule has 1 aromatic carbocycles. The van der Waals surface area contributed by atoms with Gasteiger partial charge in [-0.05, 0) is 50.2 Å². The van der Waals surface area contributed by atoms with Gasteiger partial charge in [-0.25, -0.2) is 4.98 Å². The Hall–Kier alpha value is -2.37. The summed E-state index contributed by atoms with van der Waals surface area (Å²) in [5, 5.41) is 4.58. The first-order valence-corrected chi connectivity index (χ1v) is 9.83. The second-order valence-corrected chi connectivity index (χ2v) is 7.43. The van der Waals surface area contributed by atoms with E-state index in [1.54, 1.807) is 12.3 Å². The Bertz CT molecular complexity index is 946. The summed E-state index contributed by atoms with van der Waals surface area (Å²) in [6.07, 6.45) is 6.00. The lowest BCUT2D eigenvalue weighted by Gasteiger charge is -2.25. The number of anilines is 1. The van der Waals surface area contributed by atoms with Crippen molar-refractivity contribution in [2.24, 2.45) is 0 Å². The zero-order valence-electron chi connectivity index (χ0n) is 15.2. The largest absolute Gasteiger partial charge is 0.339 e. The molecule has 0 atom stereocenters. The van der Waals surface area contributed by atoms with Crippen LogP contribution in [0.15, 0.2) is 42.6 Å². The van der Waals surface area contributed by atoms with E-state index in [2.05, 4.69) is 20.2 Å². The molecule has 3 heterocycles. The van der Waals surface area contributed by atoms with Gasteiger partial charge >= 0.3 is 0 Å². The highest BCUT2D eigenvalue weighted by molar-refractivity contribution is 6.35. The molecule has 1 aliphatic rings. The molecule has 0 saturated carbocycles. The number of aromatic nitrogens is 2. The number of aromatic amines is 1. The monoisotopic (exact) mass is 382 g/mol. The SMILES string of the molecule is O=C(CCN1CCCCC1)Nc1cccc(-c2cc3c(Cl)ccnc3[nH]2)c1. The molecule has 4 rings (SSSR count). The van der Waals surface area contributed by atoms with Crippen molar-refractivity contribution in [2.75, 3.05) is 25.0 Å². The smallest absolute Gasteiger partial charge is 0.225 e. The van der Waals surface area contributed by atoms with Gasteiger partial charge in [0.05, 0.1) is 5.02 Å². The molecule has 2 N–H and O–H groups in total. The number of hydrogen-bond donors (Lipinski definition) is 2. The Labute approximate surface area is 163 Å². The van der Waals surface area contributed by atoms with Crippen LogP contribution in [0.25, 0.3) is 22.3 Å². The van der Waals surface area contributed by atoms with Crippen LogP contribution >= 0.6 is 11.6 Å². The maximum Gasteiger partial charge on any atom is 0.225 e. The first-order valence-electron chi connectivity index (χ1n) is 9.45. The van der Waals surface area contributed by atoms with Crippen molar-refractivity contribution in [3.05, 3.63) is 47.6 Å². The lowest BCUT2D eigenvalue weighted by Crippen LogP contribution is -2.32. The van der Waals surface area contributed by atoms with Crippen LogP contribution < -0.4 is 5.32 Å². The first-order chi connectivity index (χ1) is 13.2. The second kappa shape index (κ2) is 8.11. The van der Waals surface area contributed by atoms with E-state index in [-0.39, 0.29) is 5.91 Å². The number of nitrogens with zero attached hydrogens (tertiary/aromatic N) is 2. The fourth-order valence-electron chi connectivity index (χ4n) is 3.58. The van der Waals surface area contributed by atoms with E-state index in [0.29, 0.717) is 11.4 Å². The third-order valence-electron chi connectivity index (χ3n) is 5.04. The number of halogens is 1. The van der Waals surface area contributed by atoms with E-state index in [9.17, 15) is 4.79 Å². The molecular weight excluding hydrogens is 360 g/mol. The summed E-state index contributed by atoms with van der Waals surface area (Å²) in [6.45, 7) is 3.05. The number of piperidine rings is 1. The van der Waals surface area contributed by atoms with Crippen LogP contribution in [0, 0.1) is 0 Å². The molecule has 0 aliphatic carbocycles. The molecule has 1 fully saturated rings.